The first kappa shape index (κ1) is 15.8. The van der Waals surface area contributed by atoms with Gasteiger partial charge >= 0.3 is 0 Å². The lowest BCUT2D eigenvalue weighted by Crippen LogP contribution is -2.41. The van der Waals surface area contributed by atoms with E-state index in [1.807, 2.05) is 11.8 Å². The highest BCUT2D eigenvalue weighted by molar-refractivity contribution is 7.98. The Kier molecular flexibility index (Phi) is 9.83. The molecule has 0 saturated carbocycles. The fourth-order valence-corrected chi connectivity index (χ4v) is 2.00. The van der Waals surface area contributed by atoms with Crippen molar-refractivity contribution in [2.24, 2.45) is 11.7 Å². The second-order valence-corrected chi connectivity index (χ2v) is 5.57. The van der Waals surface area contributed by atoms with Gasteiger partial charge in [-0.1, -0.05) is 20.3 Å². The lowest BCUT2D eigenvalue weighted by Gasteiger charge is -2.13. The third kappa shape index (κ3) is 9.04. The number of thioether (sulfide) groups is 1. The number of nitrogens with one attached hydrogen (secondary N) is 1. The van der Waals surface area contributed by atoms with Gasteiger partial charge in [-0.25, -0.2) is 0 Å². The third-order valence-electron chi connectivity index (χ3n) is 2.39. The fraction of sp³-hybridized carbons (Fsp3) is 0.917. The van der Waals surface area contributed by atoms with Gasteiger partial charge in [0.15, 0.2) is 0 Å². The minimum atomic E-state index is -0.341. The first-order chi connectivity index (χ1) is 7.57. The van der Waals surface area contributed by atoms with Crippen molar-refractivity contribution in [2.75, 3.05) is 18.6 Å². The number of carbonyl (C=O) groups is 1. The number of amides is 1. The first-order valence-electron chi connectivity index (χ1n) is 6.10. The summed E-state index contributed by atoms with van der Waals surface area (Å²) in [7, 11) is 0. The summed E-state index contributed by atoms with van der Waals surface area (Å²) in [5, 5.41) is 2.89. The normalized spacial score (nSPS) is 12.8. The SMILES string of the molecule is CSCCCCCNC(=O)C(N)CC(C)C. The fourth-order valence-electron chi connectivity index (χ4n) is 1.51. The molecule has 0 heterocycles. The lowest BCUT2D eigenvalue weighted by molar-refractivity contribution is -0.122. The summed E-state index contributed by atoms with van der Waals surface area (Å²) in [6.07, 6.45) is 6.35. The monoisotopic (exact) mass is 246 g/mol. The van der Waals surface area contributed by atoms with Gasteiger partial charge in [0.2, 0.25) is 5.91 Å². The van der Waals surface area contributed by atoms with Crippen molar-refractivity contribution in [3.8, 4) is 0 Å². The molecule has 1 amide bonds. The molecule has 0 bridgehead atoms. The van der Waals surface area contributed by atoms with Crippen LogP contribution in [0.15, 0.2) is 0 Å². The van der Waals surface area contributed by atoms with E-state index < -0.39 is 0 Å². The Morgan fingerprint density at radius 2 is 2.00 bits per heavy atom. The van der Waals surface area contributed by atoms with Gasteiger partial charge in [0.25, 0.3) is 0 Å². The molecule has 0 rings (SSSR count). The van der Waals surface area contributed by atoms with Crippen LogP contribution in [-0.4, -0.2) is 30.5 Å². The largest absolute Gasteiger partial charge is 0.355 e. The maximum absolute atomic E-state index is 11.5. The number of unbranched alkanes of at least 4 members (excludes halogenated alkanes) is 2. The summed E-state index contributed by atoms with van der Waals surface area (Å²) in [5.41, 5.74) is 5.77. The molecule has 0 fully saturated rings. The lowest BCUT2D eigenvalue weighted by atomic mass is 10.0. The smallest absolute Gasteiger partial charge is 0.236 e. The average Bonchev–Trinajstić information content (AvgIpc) is 2.21. The van der Waals surface area contributed by atoms with Crippen LogP contribution in [0.3, 0.4) is 0 Å². The molecule has 0 aliphatic carbocycles. The van der Waals surface area contributed by atoms with E-state index in [4.69, 9.17) is 5.73 Å². The molecule has 1 unspecified atom stereocenters. The molecule has 0 aliphatic heterocycles. The predicted molar refractivity (Wildman–Crippen MR) is 72.7 cm³/mol. The van der Waals surface area contributed by atoms with Crippen molar-refractivity contribution in [1.82, 2.24) is 5.32 Å². The zero-order valence-corrected chi connectivity index (χ0v) is 11.6. The standard InChI is InChI=1S/C12H26N2OS/c1-10(2)9-11(13)12(15)14-7-5-4-6-8-16-3/h10-11H,4-9,13H2,1-3H3,(H,14,15). The Morgan fingerprint density at radius 3 is 2.56 bits per heavy atom. The number of hydrogen-bond acceptors (Lipinski definition) is 3. The van der Waals surface area contributed by atoms with Crippen LogP contribution in [0.1, 0.15) is 39.5 Å². The molecule has 0 aliphatic rings. The van der Waals surface area contributed by atoms with Crippen LogP contribution in [0, 0.1) is 5.92 Å². The van der Waals surface area contributed by atoms with Gasteiger partial charge in [-0.3, -0.25) is 4.79 Å². The quantitative estimate of drug-likeness (QED) is 0.612. The average molecular weight is 246 g/mol. The maximum atomic E-state index is 11.5. The summed E-state index contributed by atoms with van der Waals surface area (Å²) in [4.78, 5) is 11.5. The molecule has 4 heteroatoms. The summed E-state index contributed by atoms with van der Waals surface area (Å²) >= 11 is 1.87. The van der Waals surface area contributed by atoms with Crippen molar-refractivity contribution < 1.29 is 4.79 Å². The first-order valence-corrected chi connectivity index (χ1v) is 7.49. The van der Waals surface area contributed by atoms with Crippen LogP contribution in [0.4, 0.5) is 0 Å². The molecular formula is C12H26N2OS. The number of rotatable bonds is 9. The van der Waals surface area contributed by atoms with E-state index in [2.05, 4.69) is 25.4 Å². The van der Waals surface area contributed by atoms with Crippen LogP contribution in [0.2, 0.25) is 0 Å². The zero-order chi connectivity index (χ0) is 12.4. The molecule has 0 aromatic carbocycles. The minimum Gasteiger partial charge on any atom is -0.355 e. The highest BCUT2D eigenvalue weighted by Crippen LogP contribution is 2.03. The summed E-state index contributed by atoms with van der Waals surface area (Å²) < 4.78 is 0. The second kappa shape index (κ2) is 9.97. The molecule has 16 heavy (non-hydrogen) atoms. The minimum absolute atomic E-state index is 0.00133. The van der Waals surface area contributed by atoms with E-state index in [1.165, 1.54) is 18.6 Å². The second-order valence-electron chi connectivity index (χ2n) is 4.58. The Labute approximate surface area is 104 Å². The molecule has 96 valence electrons. The molecule has 0 saturated heterocycles. The van der Waals surface area contributed by atoms with E-state index in [9.17, 15) is 4.79 Å². The topological polar surface area (TPSA) is 55.1 Å². The molecule has 0 spiro atoms. The van der Waals surface area contributed by atoms with Gasteiger partial charge in [0.1, 0.15) is 0 Å². The number of hydrogen-bond donors (Lipinski definition) is 2. The summed E-state index contributed by atoms with van der Waals surface area (Å²) in [6.45, 7) is 4.92. The van der Waals surface area contributed by atoms with Crippen LogP contribution >= 0.6 is 11.8 Å². The molecule has 3 nitrogen and oxygen atoms in total. The van der Waals surface area contributed by atoms with Crippen LogP contribution < -0.4 is 11.1 Å². The van der Waals surface area contributed by atoms with Crippen molar-refractivity contribution >= 4 is 17.7 Å². The number of carbonyl (C=O) groups excluding carboxylic acids is 1. The van der Waals surface area contributed by atoms with Crippen LogP contribution in [0.5, 0.6) is 0 Å². The van der Waals surface area contributed by atoms with E-state index in [-0.39, 0.29) is 11.9 Å². The Bertz CT molecular complexity index is 186. The van der Waals surface area contributed by atoms with Crippen molar-refractivity contribution in [1.29, 1.82) is 0 Å². The Morgan fingerprint density at radius 1 is 1.31 bits per heavy atom. The predicted octanol–water partition coefficient (Wildman–Crippen LogP) is 2.01. The van der Waals surface area contributed by atoms with E-state index in [1.54, 1.807) is 0 Å². The van der Waals surface area contributed by atoms with Crippen molar-refractivity contribution in [3.63, 3.8) is 0 Å². The summed E-state index contributed by atoms with van der Waals surface area (Å²) in [5.74, 6) is 1.68. The molecule has 0 aromatic heterocycles. The van der Waals surface area contributed by atoms with E-state index in [0.29, 0.717) is 5.92 Å². The van der Waals surface area contributed by atoms with Crippen molar-refractivity contribution in [3.05, 3.63) is 0 Å². The molecule has 1 atom stereocenters. The van der Waals surface area contributed by atoms with Gasteiger partial charge in [-0.15, -0.1) is 0 Å². The number of nitrogens with two attached hydrogens (primary N) is 1. The Hall–Kier alpha value is -0.220. The van der Waals surface area contributed by atoms with Gasteiger partial charge in [-0.05, 0) is 37.2 Å². The van der Waals surface area contributed by atoms with Crippen molar-refractivity contribution in [2.45, 2.75) is 45.6 Å². The van der Waals surface area contributed by atoms with Crippen LogP contribution in [-0.2, 0) is 4.79 Å². The zero-order valence-electron chi connectivity index (χ0n) is 10.8. The summed E-state index contributed by atoms with van der Waals surface area (Å²) in [6, 6.07) is -0.341. The third-order valence-corrected chi connectivity index (χ3v) is 3.08. The van der Waals surface area contributed by atoms with Gasteiger partial charge in [-0.2, -0.15) is 11.8 Å². The highest BCUT2D eigenvalue weighted by atomic mass is 32.2. The van der Waals surface area contributed by atoms with Gasteiger partial charge in [0, 0.05) is 6.54 Å². The van der Waals surface area contributed by atoms with E-state index >= 15 is 0 Å². The van der Waals surface area contributed by atoms with Gasteiger partial charge < -0.3 is 11.1 Å². The van der Waals surface area contributed by atoms with E-state index in [0.717, 1.165) is 19.4 Å². The van der Waals surface area contributed by atoms with Gasteiger partial charge in [0.05, 0.1) is 6.04 Å². The molecule has 3 N–H and O–H groups in total. The maximum Gasteiger partial charge on any atom is 0.236 e. The molecular weight excluding hydrogens is 220 g/mol. The molecule has 0 aromatic rings. The van der Waals surface area contributed by atoms with Crippen LogP contribution in [0.25, 0.3) is 0 Å². The molecule has 0 radical (unpaired) electrons. The Balaban J connectivity index is 3.42. The highest BCUT2D eigenvalue weighted by Gasteiger charge is 2.13.